The zero-order valence-electron chi connectivity index (χ0n) is 10.7. The number of imidazole rings is 1. The number of hydrogen-bond acceptors (Lipinski definition) is 4. The van der Waals surface area contributed by atoms with Crippen molar-refractivity contribution in [3.63, 3.8) is 0 Å². The van der Waals surface area contributed by atoms with Crippen molar-refractivity contribution >= 4 is 11.3 Å². The third-order valence-electron chi connectivity index (χ3n) is 3.35. The van der Waals surface area contributed by atoms with Gasteiger partial charge in [0, 0.05) is 11.4 Å². The minimum Gasteiger partial charge on any atom is -0.330 e. The summed E-state index contributed by atoms with van der Waals surface area (Å²) in [7, 11) is 0. The number of aromatic nitrogens is 3. The van der Waals surface area contributed by atoms with E-state index in [-0.39, 0.29) is 6.04 Å². The molecule has 1 atom stereocenters. The molecule has 1 saturated carbocycles. The third kappa shape index (κ3) is 2.08. The largest absolute Gasteiger partial charge is 0.330 e. The molecule has 4 nitrogen and oxygen atoms in total. The lowest BCUT2D eigenvalue weighted by molar-refractivity contribution is 0.656. The molecule has 1 unspecified atom stereocenters. The second-order valence-electron chi connectivity index (χ2n) is 5.20. The van der Waals surface area contributed by atoms with E-state index < -0.39 is 0 Å². The normalized spacial score (nSPS) is 17.3. The quantitative estimate of drug-likeness (QED) is 0.921. The first-order valence-corrected chi connectivity index (χ1v) is 7.27. The predicted molar refractivity (Wildman–Crippen MR) is 72.7 cm³/mol. The van der Waals surface area contributed by atoms with Crippen LogP contribution >= 0.6 is 11.3 Å². The van der Waals surface area contributed by atoms with Crippen molar-refractivity contribution in [2.75, 3.05) is 0 Å². The summed E-state index contributed by atoms with van der Waals surface area (Å²) in [6, 6.07) is 0.462. The highest BCUT2D eigenvalue weighted by atomic mass is 32.1. The Morgan fingerprint density at radius 2 is 2.22 bits per heavy atom. The van der Waals surface area contributed by atoms with Gasteiger partial charge in [-0.05, 0) is 18.8 Å². The van der Waals surface area contributed by atoms with E-state index in [1.165, 1.54) is 12.8 Å². The molecule has 18 heavy (non-hydrogen) atoms. The Morgan fingerprint density at radius 1 is 1.44 bits per heavy atom. The summed E-state index contributed by atoms with van der Waals surface area (Å²) in [5.74, 6) is 0.454. The van der Waals surface area contributed by atoms with Gasteiger partial charge in [-0.3, -0.25) is 0 Å². The van der Waals surface area contributed by atoms with Crippen molar-refractivity contribution in [2.45, 2.75) is 44.7 Å². The molecule has 1 aliphatic rings. The number of hydrogen-bond donors (Lipinski definition) is 1. The molecule has 0 bridgehead atoms. The summed E-state index contributed by atoms with van der Waals surface area (Å²) >= 11 is 1.65. The molecule has 0 saturated heterocycles. The molecule has 2 N–H and O–H groups in total. The molecule has 2 aromatic rings. The lowest BCUT2D eigenvalue weighted by Crippen LogP contribution is -2.16. The Hall–Kier alpha value is -1.20. The minimum atomic E-state index is -0.148. The molecule has 3 rings (SSSR count). The van der Waals surface area contributed by atoms with Gasteiger partial charge in [-0.25, -0.2) is 9.97 Å². The van der Waals surface area contributed by atoms with Crippen LogP contribution in [0.1, 0.15) is 61.1 Å². The van der Waals surface area contributed by atoms with E-state index in [0.717, 1.165) is 16.4 Å². The maximum absolute atomic E-state index is 6.33. The second kappa shape index (κ2) is 4.48. The summed E-state index contributed by atoms with van der Waals surface area (Å²) < 4.78 is 2.21. The van der Waals surface area contributed by atoms with E-state index in [4.69, 9.17) is 5.73 Å². The Labute approximate surface area is 111 Å². The van der Waals surface area contributed by atoms with Crippen LogP contribution in [-0.2, 0) is 0 Å². The van der Waals surface area contributed by atoms with E-state index in [2.05, 4.69) is 33.8 Å². The highest BCUT2D eigenvalue weighted by Gasteiger charge is 2.28. The zero-order chi connectivity index (χ0) is 12.7. The fourth-order valence-electron chi connectivity index (χ4n) is 2.05. The zero-order valence-corrected chi connectivity index (χ0v) is 11.5. The Kier molecular flexibility index (Phi) is 2.95. The molecular weight excluding hydrogens is 244 g/mol. The van der Waals surface area contributed by atoms with E-state index >= 15 is 0 Å². The molecule has 96 valence electrons. The minimum absolute atomic E-state index is 0.148. The average Bonchev–Trinajstić information content (AvgIpc) is 2.92. The van der Waals surface area contributed by atoms with Gasteiger partial charge in [-0.1, -0.05) is 13.8 Å². The summed E-state index contributed by atoms with van der Waals surface area (Å²) in [6.07, 6.45) is 6.25. The van der Waals surface area contributed by atoms with E-state index in [9.17, 15) is 0 Å². The van der Waals surface area contributed by atoms with E-state index in [1.54, 1.807) is 11.3 Å². The van der Waals surface area contributed by atoms with Gasteiger partial charge in [0.05, 0.1) is 30.0 Å². The number of rotatable bonds is 4. The van der Waals surface area contributed by atoms with Crippen molar-refractivity contribution < 1.29 is 0 Å². The Morgan fingerprint density at radius 3 is 2.83 bits per heavy atom. The summed E-state index contributed by atoms with van der Waals surface area (Å²) in [4.78, 5) is 8.87. The van der Waals surface area contributed by atoms with E-state index in [1.807, 2.05) is 12.5 Å². The predicted octanol–water partition coefficient (Wildman–Crippen LogP) is 2.85. The van der Waals surface area contributed by atoms with Crippen molar-refractivity contribution in [3.8, 4) is 0 Å². The Bertz CT molecular complexity index is 539. The lowest BCUT2D eigenvalue weighted by Gasteiger charge is -2.11. The Balaban J connectivity index is 1.88. The number of thiazole rings is 1. The first-order valence-electron chi connectivity index (χ1n) is 6.39. The van der Waals surface area contributed by atoms with Gasteiger partial charge < -0.3 is 10.3 Å². The standard InChI is InChI=1S/C13H18N4S/c1-8(2)10-6-18-13(16-10)12(14)11-5-15-7-17(11)9-3-4-9/h5-9,12H,3-4,14H2,1-2H3. The molecule has 0 radical (unpaired) electrons. The van der Waals surface area contributed by atoms with Crippen LogP contribution in [-0.4, -0.2) is 14.5 Å². The molecule has 0 aromatic carbocycles. The van der Waals surface area contributed by atoms with Crippen LogP contribution in [0.4, 0.5) is 0 Å². The van der Waals surface area contributed by atoms with Crippen LogP contribution in [0.5, 0.6) is 0 Å². The van der Waals surface area contributed by atoms with Gasteiger partial charge in [-0.2, -0.15) is 0 Å². The molecular formula is C13H18N4S. The summed E-state index contributed by atoms with van der Waals surface area (Å²) in [5, 5.41) is 3.10. The van der Waals surface area contributed by atoms with Gasteiger partial charge in [0.1, 0.15) is 5.01 Å². The smallest absolute Gasteiger partial charge is 0.116 e. The summed E-state index contributed by atoms with van der Waals surface area (Å²) in [5.41, 5.74) is 8.54. The van der Waals surface area contributed by atoms with Crippen molar-refractivity contribution in [1.29, 1.82) is 0 Å². The van der Waals surface area contributed by atoms with Crippen LogP contribution in [0.15, 0.2) is 17.9 Å². The summed E-state index contributed by atoms with van der Waals surface area (Å²) in [6.45, 7) is 4.30. The first kappa shape index (κ1) is 11.9. The first-order chi connectivity index (χ1) is 8.66. The highest BCUT2D eigenvalue weighted by Crippen LogP contribution is 2.37. The fourth-order valence-corrected chi connectivity index (χ4v) is 3.04. The van der Waals surface area contributed by atoms with Gasteiger partial charge >= 0.3 is 0 Å². The average molecular weight is 262 g/mol. The van der Waals surface area contributed by atoms with Gasteiger partial charge in [0.15, 0.2) is 0 Å². The molecule has 1 fully saturated rings. The SMILES string of the molecule is CC(C)c1csc(C(N)c2cncn2C2CC2)n1. The lowest BCUT2D eigenvalue weighted by atomic mass is 10.1. The second-order valence-corrected chi connectivity index (χ2v) is 6.09. The van der Waals surface area contributed by atoms with Crippen molar-refractivity contribution in [2.24, 2.45) is 5.73 Å². The molecule has 0 amide bonds. The van der Waals surface area contributed by atoms with Crippen molar-refractivity contribution in [1.82, 2.24) is 14.5 Å². The van der Waals surface area contributed by atoms with Crippen LogP contribution in [0.2, 0.25) is 0 Å². The molecule has 1 aliphatic carbocycles. The number of nitrogens with two attached hydrogens (primary N) is 1. The van der Waals surface area contributed by atoms with Gasteiger partial charge in [0.2, 0.25) is 0 Å². The van der Waals surface area contributed by atoms with Crippen LogP contribution in [0.3, 0.4) is 0 Å². The maximum Gasteiger partial charge on any atom is 0.116 e. The van der Waals surface area contributed by atoms with Crippen LogP contribution < -0.4 is 5.73 Å². The maximum atomic E-state index is 6.33. The van der Waals surface area contributed by atoms with Gasteiger partial charge in [0.25, 0.3) is 0 Å². The van der Waals surface area contributed by atoms with E-state index in [0.29, 0.717) is 12.0 Å². The monoisotopic (exact) mass is 262 g/mol. The van der Waals surface area contributed by atoms with Gasteiger partial charge in [-0.15, -0.1) is 11.3 Å². The topological polar surface area (TPSA) is 56.7 Å². The third-order valence-corrected chi connectivity index (χ3v) is 4.30. The van der Waals surface area contributed by atoms with Crippen LogP contribution in [0.25, 0.3) is 0 Å². The van der Waals surface area contributed by atoms with Crippen LogP contribution in [0, 0.1) is 0 Å². The molecule has 5 heteroatoms. The fraction of sp³-hybridized carbons (Fsp3) is 0.538. The molecule has 0 aliphatic heterocycles. The molecule has 0 spiro atoms. The number of nitrogens with zero attached hydrogens (tertiary/aromatic N) is 3. The highest BCUT2D eigenvalue weighted by molar-refractivity contribution is 7.09. The molecule has 2 heterocycles. The van der Waals surface area contributed by atoms with Crippen molar-refractivity contribution in [3.05, 3.63) is 34.3 Å². The molecule has 2 aromatic heterocycles.